The summed E-state index contributed by atoms with van der Waals surface area (Å²) in [6.07, 6.45) is 0.572. The number of fused-ring (bicyclic) bond motifs is 1. The molecule has 2 N–H and O–H groups in total. The van der Waals surface area contributed by atoms with Crippen molar-refractivity contribution in [3.63, 3.8) is 0 Å². The Morgan fingerprint density at radius 3 is 2.56 bits per heavy atom. The Balaban J connectivity index is 1.51. The van der Waals surface area contributed by atoms with E-state index in [0.29, 0.717) is 25.0 Å². The van der Waals surface area contributed by atoms with Crippen molar-refractivity contribution < 1.29 is 26.7 Å². The SMILES string of the molecule is O=C(c1ccc(CC2CCC(F)(F)CC2)nc1)c1c[nH]c2ncnc(NCC(F)(F)F)c12. The van der Waals surface area contributed by atoms with Gasteiger partial charge in [-0.3, -0.25) is 9.78 Å². The van der Waals surface area contributed by atoms with E-state index in [2.05, 4.69) is 25.3 Å². The number of aromatic amines is 1. The lowest BCUT2D eigenvalue weighted by Gasteiger charge is -2.27. The van der Waals surface area contributed by atoms with Gasteiger partial charge in [-0.1, -0.05) is 0 Å². The first kappa shape index (κ1) is 22.1. The lowest BCUT2D eigenvalue weighted by atomic mass is 9.84. The molecular formula is C21H20F5N5O. The highest BCUT2D eigenvalue weighted by Gasteiger charge is 2.35. The van der Waals surface area contributed by atoms with Crippen molar-refractivity contribution in [3.05, 3.63) is 47.7 Å². The molecule has 0 spiro atoms. The zero-order valence-electron chi connectivity index (χ0n) is 16.8. The van der Waals surface area contributed by atoms with E-state index < -0.39 is 24.4 Å². The van der Waals surface area contributed by atoms with Gasteiger partial charge in [0.1, 0.15) is 24.3 Å². The maximum Gasteiger partial charge on any atom is 0.405 e. The molecule has 3 heterocycles. The molecule has 170 valence electrons. The fourth-order valence-electron chi connectivity index (χ4n) is 3.89. The first-order chi connectivity index (χ1) is 15.1. The molecular weight excluding hydrogens is 433 g/mol. The third-order valence-corrected chi connectivity index (χ3v) is 5.59. The number of aromatic nitrogens is 4. The van der Waals surface area contributed by atoms with Crippen molar-refractivity contribution >= 4 is 22.6 Å². The first-order valence-electron chi connectivity index (χ1n) is 10.1. The van der Waals surface area contributed by atoms with E-state index in [1.165, 1.54) is 12.4 Å². The number of alkyl halides is 5. The van der Waals surface area contributed by atoms with E-state index >= 15 is 0 Å². The number of anilines is 1. The zero-order valence-corrected chi connectivity index (χ0v) is 16.8. The van der Waals surface area contributed by atoms with Crippen LogP contribution in [0.4, 0.5) is 27.8 Å². The minimum Gasteiger partial charge on any atom is -0.360 e. The number of H-pyrrole nitrogens is 1. The number of nitrogens with one attached hydrogen (secondary N) is 2. The number of hydrogen-bond acceptors (Lipinski definition) is 5. The van der Waals surface area contributed by atoms with Crippen LogP contribution in [0.3, 0.4) is 0 Å². The number of hydrogen-bond donors (Lipinski definition) is 2. The summed E-state index contributed by atoms with van der Waals surface area (Å²) < 4.78 is 64.5. The second-order valence-corrected chi connectivity index (χ2v) is 7.99. The molecule has 1 fully saturated rings. The third-order valence-electron chi connectivity index (χ3n) is 5.59. The molecule has 0 radical (unpaired) electrons. The average molecular weight is 453 g/mol. The molecule has 0 unspecified atom stereocenters. The van der Waals surface area contributed by atoms with E-state index in [-0.39, 0.29) is 46.7 Å². The minimum absolute atomic E-state index is 0.101. The molecule has 1 saturated carbocycles. The Morgan fingerprint density at radius 2 is 1.91 bits per heavy atom. The molecule has 1 aliphatic rings. The topological polar surface area (TPSA) is 83.6 Å². The molecule has 1 aliphatic carbocycles. The van der Waals surface area contributed by atoms with Crippen LogP contribution >= 0.6 is 0 Å². The molecule has 4 rings (SSSR count). The molecule has 0 atom stereocenters. The highest BCUT2D eigenvalue weighted by molar-refractivity contribution is 6.17. The number of carbonyl (C=O) groups excluding carboxylic acids is 1. The Labute approximate surface area is 179 Å². The highest BCUT2D eigenvalue weighted by atomic mass is 19.4. The molecule has 6 nitrogen and oxygen atoms in total. The largest absolute Gasteiger partial charge is 0.405 e. The van der Waals surface area contributed by atoms with Crippen molar-refractivity contribution in [3.8, 4) is 0 Å². The van der Waals surface area contributed by atoms with Crippen LogP contribution in [0.5, 0.6) is 0 Å². The van der Waals surface area contributed by atoms with Crippen LogP contribution < -0.4 is 5.32 Å². The number of pyridine rings is 1. The van der Waals surface area contributed by atoms with Crippen LogP contribution in [0.2, 0.25) is 0 Å². The van der Waals surface area contributed by atoms with Gasteiger partial charge in [0.2, 0.25) is 5.92 Å². The van der Waals surface area contributed by atoms with E-state index in [1.807, 2.05) is 0 Å². The van der Waals surface area contributed by atoms with Crippen LogP contribution in [0.25, 0.3) is 11.0 Å². The van der Waals surface area contributed by atoms with Crippen LogP contribution in [0, 0.1) is 5.92 Å². The number of rotatable bonds is 6. The van der Waals surface area contributed by atoms with Crippen molar-refractivity contribution in [2.45, 2.75) is 44.2 Å². The molecule has 0 amide bonds. The fourth-order valence-corrected chi connectivity index (χ4v) is 3.89. The number of halogens is 5. The second-order valence-electron chi connectivity index (χ2n) is 7.99. The predicted octanol–water partition coefficient (Wildman–Crippen LogP) is 4.93. The van der Waals surface area contributed by atoms with Crippen LogP contribution in [0.1, 0.15) is 47.3 Å². The Morgan fingerprint density at radius 1 is 1.16 bits per heavy atom. The van der Waals surface area contributed by atoms with Crippen molar-refractivity contribution in [1.29, 1.82) is 0 Å². The number of ketones is 1. The van der Waals surface area contributed by atoms with E-state index in [9.17, 15) is 26.7 Å². The smallest absolute Gasteiger partial charge is 0.360 e. The summed E-state index contributed by atoms with van der Waals surface area (Å²) in [5, 5.41) is 2.36. The number of nitrogens with zero attached hydrogens (tertiary/aromatic N) is 3. The van der Waals surface area contributed by atoms with Gasteiger partial charge in [0.15, 0.2) is 5.78 Å². The molecule has 0 aromatic carbocycles. The Hall–Kier alpha value is -3.11. The molecule has 0 saturated heterocycles. The average Bonchev–Trinajstić information content (AvgIpc) is 3.18. The molecule has 3 aromatic heterocycles. The van der Waals surface area contributed by atoms with Gasteiger partial charge < -0.3 is 10.3 Å². The lowest BCUT2D eigenvalue weighted by molar-refractivity contribution is -0.115. The van der Waals surface area contributed by atoms with E-state index in [1.54, 1.807) is 12.1 Å². The van der Waals surface area contributed by atoms with Crippen LogP contribution in [-0.4, -0.2) is 44.4 Å². The minimum atomic E-state index is -4.45. The Bertz CT molecular complexity index is 1100. The molecule has 0 aliphatic heterocycles. The lowest BCUT2D eigenvalue weighted by Crippen LogP contribution is -2.25. The predicted molar refractivity (Wildman–Crippen MR) is 107 cm³/mol. The monoisotopic (exact) mass is 453 g/mol. The molecule has 3 aromatic rings. The normalized spacial score (nSPS) is 16.9. The summed E-state index contributed by atoms with van der Waals surface area (Å²) in [6.45, 7) is -1.30. The van der Waals surface area contributed by atoms with E-state index in [4.69, 9.17) is 0 Å². The molecule has 11 heteroatoms. The molecule has 0 bridgehead atoms. The fraction of sp³-hybridized carbons (Fsp3) is 0.429. The maximum absolute atomic E-state index is 13.3. The van der Waals surface area contributed by atoms with Gasteiger partial charge in [-0.25, -0.2) is 18.7 Å². The van der Waals surface area contributed by atoms with Gasteiger partial charge in [-0.15, -0.1) is 0 Å². The summed E-state index contributed by atoms with van der Waals surface area (Å²) >= 11 is 0. The third kappa shape index (κ3) is 5.03. The standard InChI is InChI=1S/C21H20F5N5O/c22-20(23)5-3-12(4-6-20)7-14-2-1-13(8-27-14)17(32)15-9-28-18-16(15)19(31-11-30-18)29-10-21(24,25)26/h1-2,8-9,11-12H,3-7,10H2,(H2,28,29,30,31). The van der Waals surface area contributed by atoms with Gasteiger partial charge >= 0.3 is 6.18 Å². The van der Waals surface area contributed by atoms with E-state index in [0.717, 1.165) is 6.33 Å². The Kier molecular flexibility index (Phi) is 5.83. The maximum atomic E-state index is 13.3. The van der Waals surface area contributed by atoms with Gasteiger partial charge in [-0.2, -0.15) is 13.2 Å². The van der Waals surface area contributed by atoms with Gasteiger partial charge in [0, 0.05) is 36.5 Å². The zero-order chi connectivity index (χ0) is 22.9. The second kappa shape index (κ2) is 8.44. The summed E-state index contributed by atoms with van der Waals surface area (Å²) in [6, 6.07) is 3.25. The van der Waals surface area contributed by atoms with Crippen LogP contribution in [-0.2, 0) is 6.42 Å². The summed E-state index contributed by atoms with van der Waals surface area (Å²) in [4.78, 5) is 27.9. The van der Waals surface area contributed by atoms with Crippen molar-refractivity contribution in [1.82, 2.24) is 19.9 Å². The van der Waals surface area contributed by atoms with Gasteiger partial charge in [-0.05, 0) is 37.3 Å². The van der Waals surface area contributed by atoms with Gasteiger partial charge in [0.05, 0.1) is 10.9 Å². The first-order valence-corrected chi connectivity index (χ1v) is 10.1. The number of carbonyl (C=O) groups is 1. The van der Waals surface area contributed by atoms with Crippen molar-refractivity contribution in [2.24, 2.45) is 5.92 Å². The summed E-state index contributed by atoms with van der Waals surface area (Å²) in [5.74, 6) is -3.01. The highest BCUT2D eigenvalue weighted by Crippen LogP contribution is 2.37. The van der Waals surface area contributed by atoms with Gasteiger partial charge in [0.25, 0.3) is 0 Å². The molecule has 32 heavy (non-hydrogen) atoms. The van der Waals surface area contributed by atoms with Crippen molar-refractivity contribution in [2.75, 3.05) is 11.9 Å². The summed E-state index contributed by atoms with van der Waals surface area (Å²) in [7, 11) is 0. The van der Waals surface area contributed by atoms with Crippen LogP contribution in [0.15, 0.2) is 30.9 Å². The summed E-state index contributed by atoms with van der Waals surface area (Å²) in [5.41, 5.74) is 1.29. The quantitative estimate of drug-likeness (QED) is 0.409.